The molecule has 0 atom stereocenters. The van der Waals surface area contributed by atoms with Gasteiger partial charge in [0.05, 0.1) is 5.56 Å². The molecular weight excluding hydrogens is 250 g/mol. The van der Waals surface area contributed by atoms with Crippen LogP contribution in [0.15, 0.2) is 18.2 Å². The molecule has 0 saturated heterocycles. The summed E-state index contributed by atoms with van der Waals surface area (Å²) in [5, 5.41) is 17.4. The molecule has 0 aliphatic heterocycles. The van der Waals surface area contributed by atoms with Crippen LogP contribution in [0.4, 0.5) is 8.78 Å². The van der Waals surface area contributed by atoms with E-state index in [-0.39, 0.29) is 29.7 Å². The Morgan fingerprint density at radius 2 is 1.94 bits per heavy atom. The molecule has 0 bridgehead atoms. The van der Waals surface area contributed by atoms with E-state index in [4.69, 9.17) is 10.2 Å². The molecule has 1 aromatic rings. The Hall–Kier alpha value is -2.18. The Morgan fingerprint density at radius 1 is 1.28 bits per heavy atom. The summed E-state index contributed by atoms with van der Waals surface area (Å²) in [6.07, 6.45) is -0.566. The van der Waals surface area contributed by atoms with Crippen molar-refractivity contribution in [1.29, 1.82) is 0 Å². The van der Waals surface area contributed by atoms with Gasteiger partial charge in [0.15, 0.2) is 0 Å². The Morgan fingerprint density at radius 3 is 2.44 bits per heavy atom. The number of rotatable bonds is 6. The first-order valence-electron chi connectivity index (χ1n) is 4.93. The monoisotopic (exact) mass is 260 g/mol. The second-order valence-electron chi connectivity index (χ2n) is 3.36. The van der Waals surface area contributed by atoms with Gasteiger partial charge in [-0.1, -0.05) is 6.07 Å². The summed E-state index contributed by atoms with van der Waals surface area (Å²) in [4.78, 5) is 21.4. The van der Waals surface area contributed by atoms with E-state index in [9.17, 15) is 18.4 Å². The van der Waals surface area contributed by atoms with E-state index in [1.807, 2.05) is 0 Å². The van der Waals surface area contributed by atoms with Gasteiger partial charge >= 0.3 is 18.6 Å². The van der Waals surface area contributed by atoms with Gasteiger partial charge in [-0.15, -0.1) is 0 Å². The minimum atomic E-state index is -3.10. The largest absolute Gasteiger partial charge is 0.481 e. The molecule has 0 aliphatic carbocycles. The van der Waals surface area contributed by atoms with Crippen molar-refractivity contribution in [2.24, 2.45) is 0 Å². The van der Waals surface area contributed by atoms with E-state index in [0.29, 0.717) is 0 Å². The van der Waals surface area contributed by atoms with Crippen molar-refractivity contribution >= 4 is 11.9 Å². The van der Waals surface area contributed by atoms with Gasteiger partial charge in [0.2, 0.25) is 0 Å². The maximum atomic E-state index is 12.1. The second kappa shape index (κ2) is 5.95. The number of halogens is 2. The van der Waals surface area contributed by atoms with Gasteiger partial charge in [-0.2, -0.15) is 8.78 Å². The minimum absolute atomic E-state index is 0.0484. The molecule has 0 amide bonds. The van der Waals surface area contributed by atoms with Crippen LogP contribution in [-0.4, -0.2) is 28.8 Å². The number of carboxylic acids is 2. The average molecular weight is 260 g/mol. The average Bonchev–Trinajstić information content (AvgIpc) is 2.25. The molecule has 0 heterocycles. The zero-order valence-corrected chi connectivity index (χ0v) is 9.10. The van der Waals surface area contributed by atoms with Gasteiger partial charge in [0.1, 0.15) is 5.75 Å². The maximum absolute atomic E-state index is 12.1. The molecule has 98 valence electrons. The van der Waals surface area contributed by atoms with E-state index >= 15 is 0 Å². The zero-order valence-electron chi connectivity index (χ0n) is 9.10. The molecule has 0 spiro atoms. The molecule has 7 heteroatoms. The number of benzene rings is 1. The van der Waals surface area contributed by atoms with E-state index in [2.05, 4.69) is 4.74 Å². The first kappa shape index (κ1) is 13.9. The number of aromatic carboxylic acids is 1. The smallest absolute Gasteiger partial charge is 0.387 e. The van der Waals surface area contributed by atoms with E-state index in [1.54, 1.807) is 0 Å². The predicted molar refractivity (Wildman–Crippen MR) is 56.0 cm³/mol. The summed E-state index contributed by atoms with van der Waals surface area (Å²) in [6.45, 7) is -3.10. The Kier molecular flexibility index (Phi) is 4.59. The van der Waals surface area contributed by atoms with E-state index in [0.717, 1.165) is 0 Å². The van der Waals surface area contributed by atoms with Crippen LogP contribution in [0.5, 0.6) is 5.75 Å². The van der Waals surface area contributed by atoms with Crippen molar-refractivity contribution < 1.29 is 33.3 Å². The molecule has 5 nitrogen and oxygen atoms in total. The summed E-state index contributed by atoms with van der Waals surface area (Å²) in [7, 11) is 0. The molecule has 18 heavy (non-hydrogen) atoms. The molecule has 0 unspecified atom stereocenters. The Labute approximate surface area is 101 Å². The normalized spacial score (nSPS) is 10.4. The van der Waals surface area contributed by atoms with Crippen LogP contribution in [0.3, 0.4) is 0 Å². The molecule has 0 aliphatic rings. The highest BCUT2D eigenvalue weighted by Gasteiger charge is 2.18. The van der Waals surface area contributed by atoms with Crippen molar-refractivity contribution in [2.75, 3.05) is 0 Å². The van der Waals surface area contributed by atoms with Gasteiger partial charge in [-0.25, -0.2) is 4.79 Å². The predicted octanol–water partition coefficient (Wildman–Crippen LogP) is 2.00. The van der Waals surface area contributed by atoms with Crippen LogP contribution >= 0.6 is 0 Å². The standard InChI is InChI=1S/C11H10F2O5/c12-11(13)18-8-3-1-2-7(10(16)17)6(8)4-5-9(14)15/h1-3,11H,4-5H2,(H,14,15)(H,16,17). The number of carboxylic acid groups (broad SMARTS) is 2. The van der Waals surface area contributed by atoms with Crippen molar-refractivity contribution in [2.45, 2.75) is 19.5 Å². The first-order chi connectivity index (χ1) is 8.41. The topological polar surface area (TPSA) is 83.8 Å². The summed E-state index contributed by atoms with van der Waals surface area (Å²) in [5.74, 6) is -2.79. The highest BCUT2D eigenvalue weighted by Crippen LogP contribution is 2.25. The number of hydrogen-bond acceptors (Lipinski definition) is 3. The van der Waals surface area contributed by atoms with Crippen molar-refractivity contribution in [3.8, 4) is 5.75 Å². The lowest BCUT2D eigenvalue weighted by Gasteiger charge is -2.12. The Bertz CT molecular complexity index is 459. The van der Waals surface area contributed by atoms with Crippen LogP contribution in [-0.2, 0) is 11.2 Å². The molecule has 1 rings (SSSR count). The van der Waals surface area contributed by atoms with Crippen molar-refractivity contribution in [3.05, 3.63) is 29.3 Å². The number of hydrogen-bond donors (Lipinski definition) is 2. The molecule has 0 saturated carbocycles. The van der Waals surface area contributed by atoms with Crippen LogP contribution in [0, 0.1) is 0 Å². The summed E-state index contributed by atoms with van der Waals surface area (Å²) < 4.78 is 28.5. The summed E-state index contributed by atoms with van der Waals surface area (Å²) in [5.41, 5.74) is -0.290. The third kappa shape index (κ3) is 3.69. The number of aliphatic carboxylic acids is 1. The van der Waals surface area contributed by atoms with Crippen LogP contribution in [0.25, 0.3) is 0 Å². The third-order valence-electron chi connectivity index (χ3n) is 2.17. The quantitative estimate of drug-likeness (QED) is 0.817. The van der Waals surface area contributed by atoms with Crippen LogP contribution < -0.4 is 4.74 Å². The lowest BCUT2D eigenvalue weighted by atomic mass is 10.0. The fraction of sp³-hybridized carbons (Fsp3) is 0.273. The molecular formula is C11H10F2O5. The van der Waals surface area contributed by atoms with Crippen molar-refractivity contribution in [1.82, 2.24) is 0 Å². The van der Waals surface area contributed by atoms with Crippen LogP contribution in [0.1, 0.15) is 22.3 Å². The highest BCUT2D eigenvalue weighted by molar-refractivity contribution is 5.90. The zero-order chi connectivity index (χ0) is 13.7. The number of alkyl halides is 2. The highest BCUT2D eigenvalue weighted by atomic mass is 19.3. The second-order valence-corrected chi connectivity index (χ2v) is 3.36. The van der Waals surface area contributed by atoms with Gasteiger partial charge in [-0.3, -0.25) is 4.79 Å². The fourth-order valence-corrected chi connectivity index (χ4v) is 1.46. The van der Waals surface area contributed by atoms with E-state index in [1.165, 1.54) is 18.2 Å². The lowest BCUT2D eigenvalue weighted by Crippen LogP contribution is -2.10. The molecule has 0 radical (unpaired) electrons. The maximum Gasteiger partial charge on any atom is 0.387 e. The fourth-order valence-electron chi connectivity index (χ4n) is 1.46. The summed E-state index contributed by atoms with van der Waals surface area (Å²) >= 11 is 0. The molecule has 2 N–H and O–H groups in total. The molecule has 0 fully saturated rings. The van der Waals surface area contributed by atoms with Crippen LogP contribution in [0.2, 0.25) is 0 Å². The summed E-state index contributed by atoms with van der Waals surface area (Å²) in [6, 6.07) is 3.64. The molecule has 1 aromatic carbocycles. The first-order valence-corrected chi connectivity index (χ1v) is 4.93. The van der Waals surface area contributed by atoms with Crippen molar-refractivity contribution in [3.63, 3.8) is 0 Å². The minimum Gasteiger partial charge on any atom is -0.481 e. The number of carbonyl (C=O) groups is 2. The lowest BCUT2D eigenvalue weighted by molar-refractivity contribution is -0.136. The van der Waals surface area contributed by atoms with Gasteiger partial charge < -0.3 is 14.9 Å². The third-order valence-corrected chi connectivity index (χ3v) is 2.17. The van der Waals surface area contributed by atoms with Gasteiger partial charge in [-0.05, 0) is 18.6 Å². The van der Waals surface area contributed by atoms with E-state index < -0.39 is 18.6 Å². The SMILES string of the molecule is O=C(O)CCc1c(OC(F)F)cccc1C(=O)O. The number of ether oxygens (including phenoxy) is 1. The molecule has 0 aromatic heterocycles. The Balaban J connectivity index is 3.11. The van der Waals surface area contributed by atoms with Gasteiger partial charge in [0.25, 0.3) is 0 Å². The van der Waals surface area contributed by atoms with Gasteiger partial charge in [0, 0.05) is 12.0 Å².